The van der Waals surface area contributed by atoms with Gasteiger partial charge in [0.25, 0.3) is 0 Å². The number of carbonyl (C=O) groups is 2. The van der Waals surface area contributed by atoms with Crippen LogP contribution in [0.15, 0.2) is 11.6 Å². The predicted molar refractivity (Wildman–Crippen MR) is 96.9 cm³/mol. The largest absolute Gasteiger partial charge is 0.462 e. The fourth-order valence-corrected chi connectivity index (χ4v) is 6.95. The van der Waals surface area contributed by atoms with E-state index < -0.39 is 0 Å². The molecule has 3 heteroatoms. The highest BCUT2D eigenvalue weighted by molar-refractivity contribution is 5.91. The lowest BCUT2D eigenvalue weighted by atomic mass is 9.47. The molecule has 4 aliphatic rings. The van der Waals surface area contributed by atoms with Crippen LogP contribution in [0.25, 0.3) is 0 Å². The number of carbonyl (C=O) groups excluding carboxylic acids is 2. The Bertz CT molecular complexity index is 621. The molecule has 0 aromatic heterocycles. The molecule has 3 nitrogen and oxygen atoms in total. The first kappa shape index (κ1) is 17.3. The monoisotopic (exact) mass is 344 g/mol. The highest BCUT2D eigenvalue weighted by Crippen LogP contribution is 2.65. The van der Waals surface area contributed by atoms with Gasteiger partial charge in [0.2, 0.25) is 0 Å². The molecule has 4 aliphatic carbocycles. The summed E-state index contributed by atoms with van der Waals surface area (Å²) in [6.07, 6.45) is 11.3. The normalized spacial score (nSPS) is 45.9. The molecule has 3 saturated carbocycles. The molecule has 0 aromatic carbocycles. The first-order chi connectivity index (χ1) is 11.9. The van der Waals surface area contributed by atoms with Crippen LogP contribution in [0.1, 0.15) is 78.6 Å². The van der Waals surface area contributed by atoms with Gasteiger partial charge in [-0.15, -0.1) is 0 Å². The standard InChI is InChI=1S/C22H32O3/c1-4-20(24)25-19-8-7-17-16-6-5-14-13-15(23)9-11-21(14,2)18(16)10-12-22(17,19)3/h13,16-19H,4-12H2,1-3H3/t16-,17-,18-,19+,21-,22+/m1/s1. The average molecular weight is 344 g/mol. The van der Waals surface area contributed by atoms with Crippen LogP contribution in [0, 0.1) is 28.6 Å². The predicted octanol–water partition coefficient (Wildman–Crippen LogP) is 4.84. The first-order valence-corrected chi connectivity index (χ1v) is 10.3. The summed E-state index contributed by atoms with van der Waals surface area (Å²) in [6.45, 7) is 6.69. The Morgan fingerprint density at radius 1 is 1.12 bits per heavy atom. The van der Waals surface area contributed by atoms with Crippen LogP contribution in [0.4, 0.5) is 0 Å². The van der Waals surface area contributed by atoms with Crippen molar-refractivity contribution in [1.82, 2.24) is 0 Å². The van der Waals surface area contributed by atoms with E-state index in [0.717, 1.165) is 38.0 Å². The molecular formula is C22H32O3. The lowest BCUT2D eigenvalue weighted by molar-refractivity contribution is -0.159. The molecule has 0 spiro atoms. The first-order valence-electron chi connectivity index (χ1n) is 10.3. The number of ketones is 1. The third-order valence-electron chi connectivity index (χ3n) is 8.44. The number of rotatable bonds is 2. The molecule has 0 aromatic rings. The van der Waals surface area contributed by atoms with Crippen molar-refractivity contribution in [3.63, 3.8) is 0 Å². The number of allylic oxidation sites excluding steroid dienone is 1. The van der Waals surface area contributed by atoms with E-state index in [1.807, 2.05) is 13.0 Å². The van der Waals surface area contributed by atoms with Gasteiger partial charge in [0.15, 0.2) is 5.78 Å². The zero-order chi connectivity index (χ0) is 17.8. The number of hydrogen-bond donors (Lipinski definition) is 0. The van der Waals surface area contributed by atoms with Gasteiger partial charge in [-0.25, -0.2) is 0 Å². The van der Waals surface area contributed by atoms with Gasteiger partial charge in [-0.05, 0) is 74.2 Å². The van der Waals surface area contributed by atoms with Gasteiger partial charge in [-0.1, -0.05) is 26.3 Å². The van der Waals surface area contributed by atoms with E-state index in [0.29, 0.717) is 24.0 Å². The molecule has 0 bridgehead atoms. The summed E-state index contributed by atoms with van der Waals surface area (Å²) >= 11 is 0. The Morgan fingerprint density at radius 3 is 2.68 bits per heavy atom. The number of ether oxygens (including phenoxy) is 1. The third kappa shape index (κ3) is 2.52. The number of fused-ring (bicyclic) bond motifs is 5. The second-order valence-corrected chi connectivity index (χ2v) is 9.42. The van der Waals surface area contributed by atoms with Crippen LogP contribution in [0.3, 0.4) is 0 Å². The van der Waals surface area contributed by atoms with E-state index in [1.54, 1.807) is 0 Å². The van der Waals surface area contributed by atoms with Crippen LogP contribution in [-0.2, 0) is 14.3 Å². The highest BCUT2D eigenvalue weighted by atomic mass is 16.5. The fourth-order valence-electron chi connectivity index (χ4n) is 6.95. The Morgan fingerprint density at radius 2 is 1.92 bits per heavy atom. The second kappa shape index (κ2) is 5.96. The van der Waals surface area contributed by atoms with Crippen molar-refractivity contribution in [3.8, 4) is 0 Å². The van der Waals surface area contributed by atoms with Crippen molar-refractivity contribution in [3.05, 3.63) is 11.6 Å². The molecule has 0 radical (unpaired) electrons. The topological polar surface area (TPSA) is 43.4 Å². The highest BCUT2D eigenvalue weighted by Gasteiger charge is 2.59. The van der Waals surface area contributed by atoms with Crippen LogP contribution >= 0.6 is 0 Å². The zero-order valence-corrected chi connectivity index (χ0v) is 16.0. The Labute approximate surface area is 151 Å². The molecule has 0 amide bonds. The van der Waals surface area contributed by atoms with Gasteiger partial charge in [0.1, 0.15) is 6.10 Å². The van der Waals surface area contributed by atoms with Gasteiger partial charge >= 0.3 is 5.97 Å². The Balaban J connectivity index is 1.59. The van der Waals surface area contributed by atoms with Gasteiger partial charge in [-0.3, -0.25) is 9.59 Å². The molecule has 138 valence electrons. The summed E-state index contributed by atoms with van der Waals surface area (Å²) in [5.74, 6) is 2.41. The second-order valence-electron chi connectivity index (χ2n) is 9.42. The lowest BCUT2D eigenvalue weighted by Crippen LogP contribution is -2.51. The molecule has 3 fully saturated rings. The molecule has 25 heavy (non-hydrogen) atoms. The molecule has 0 aliphatic heterocycles. The fraction of sp³-hybridized carbons (Fsp3) is 0.818. The van der Waals surface area contributed by atoms with Crippen LogP contribution < -0.4 is 0 Å². The quantitative estimate of drug-likeness (QED) is 0.673. The summed E-state index contributed by atoms with van der Waals surface area (Å²) < 4.78 is 5.86. The summed E-state index contributed by atoms with van der Waals surface area (Å²) in [5, 5.41) is 0. The van der Waals surface area contributed by atoms with Crippen molar-refractivity contribution >= 4 is 11.8 Å². The van der Waals surface area contributed by atoms with Gasteiger partial charge < -0.3 is 4.74 Å². The van der Waals surface area contributed by atoms with Crippen LogP contribution in [-0.4, -0.2) is 17.9 Å². The summed E-state index contributed by atoms with van der Waals surface area (Å²) in [6, 6.07) is 0. The van der Waals surface area contributed by atoms with Crippen molar-refractivity contribution in [1.29, 1.82) is 0 Å². The van der Waals surface area contributed by atoms with E-state index >= 15 is 0 Å². The van der Waals surface area contributed by atoms with Gasteiger partial charge in [0.05, 0.1) is 0 Å². The molecule has 0 unspecified atom stereocenters. The van der Waals surface area contributed by atoms with Crippen molar-refractivity contribution < 1.29 is 14.3 Å². The Hall–Kier alpha value is -1.12. The van der Waals surface area contributed by atoms with Gasteiger partial charge in [0, 0.05) is 18.3 Å². The maximum absolute atomic E-state index is 11.9. The molecular weight excluding hydrogens is 312 g/mol. The van der Waals surface area contributed by atoms with E-state index in [4.69, 9.17) is 4.74 Å². The minimum atomic E-state index is -0.0411. The van der Waals surface area contributed by atoms with Crippen molar-refractivity contribution in [2.75, 3.05) is 0 Å². The Kier molecular flexibility index (Phi) is 4.12. The number of esters is 1. The third-order valence-corrected chi connectivity index (χ3v) is 8.44. The van der Waals surface area contributed by atoms with Crippen molar-refractivity contribution in [2.45, 2.75) is 84.7 Å². The molecule has 0 saturated heterocycles. The van der Waals surface area contributed by atoms with Crippen LogP contribution in [0.2, 0.25) is 0 Å². The lowest BCUT2D eigenvalue weighted by Gasteiger charge is -2.57. The number of hydrogen-bond acceptors (Lipinski definition) is 3. The minimum Gasteiger partial charge on any atom is -0.462 e. The van der Waals surface area contributed by atoms with E-state index in [2.05, 4.69) is 13.8 Å². The minimum absolute atomic E-state index is 0.0411. The molecule has 6 atom stereocenters. The average Bonchev–Trinajstić information content (AvgIpc) is 2.92. The summed E-state index contributed by atoms with van der Waals surface area (Å²) in [7, 11) is 0. The smallest absolute Gasteiger partial charge is 0.305 e. The van der Waals surface area contributed by atoms with Crippen LogP contribution in [0.5, 0.6) is 0 Å². The van der Waals surface area contributed by atoms with Gasteiger partial charge in [-0.2, -0.15) is 0 Å². The maximum atomic E-state index is 11.9. The summed E-state index contributed by atoms with van der Waals surface area (Å²) in [4.78, 5) is 23.8. The zero-order valence-electron chi connectivity index (χ0n) is 16.0. The van der Waals surface area contributed by atoms with E-state index in [1.165, 1.54) is 24.8 Å². The van der Waals surface area contributed by atoms with Crippen molar-refractivity contribution in [2.24, 2.45) is 28.6 Å². The van der Waals surface area contributed by atoms with E-state index in [-0.39, 0.29) is 22.9 Å². The molecule has 0 N–H and O–H groups in total. The summed E-state index contributed by atoms with van der Waals surface area (Å²) in [5.41, 5.74) is 1.82. The molecule has 0 heterocycles. The van der Waals surface area contributed by atoms with E-state index in [9.17, 15) is 9.59 Å². The maximum Gasteiger partial charge on any atom is 0.305 e. The SMILES string of the molecule is CCC(=O)O[C@H]1CC[C@@H]2[C@H]3CCC4=CC(=O)CC[C@@]4(C)[C@@H]3CC[C@]12C. The molecule has 4 rings (SSSR count).